The molecule has 68 valence electrons. The van der Waals surface area contributed by atoms with Crippen LogP contribution in [0.2, 0.25) is 0 Å². The monoisotopic (exact) mass is 216 g/mol. The molecule has 0 radical (unpaired) electrons. The third kappa shape index (κ3) is 4.38. The Morgan fingerprint density at radius 3 is 1.91 bits per heavy atom. The Kier molecular flexibility index (Phi) is 3.09. The molecule has 9 heteroatoms. The Morgan fingerprint density at radius 1 is 1.45 bits per heavy atom. The molecule has 0 amide bonds. The van der Waals surface area contributed by atoms with Crippen molar-refractivity contribution < 1.29 is 29.7 Å². The van der Waals surface area contributed by atoms with Gasteiger partial charge in [0.15, 0.2) is 0 Å². The number of rotatable bonds is 3. The third-order valence-corrected chi connectivity index (χ3v) is 1.14. The van der Waals surface area contributed by atoms with Crippen molar-refractivity contribution >= 4 is 22.1 Å². The molecule has 0 aliphatic heterocycles. The summed E-state index contributed by atoms with van der Waals surface area (Å²) < 4.78 is 67.2. The maximum absolute atomic E-state index is 11.7. The fraction of sp³-hybridized carbons (Fsp3) is 1.00. The smallest absolute Gasteiger partial charge is 0.220 e. The summed E-state index contributed by atoms with van der Waals surface area (Å²) in [5, 5.41) is 0. The molecular formula is C2HClF4O3S. The standard InChI is InChI=1S/C2HClF4O3S/c3-1(4)2(5,6)10-11(7,8)9/h1H. The van der Waals surface area contributed by atoms with Crippen molar-refractivity contribution in [1.29, 1.82) is 0 Å². The summed E-state index contributed by atoms with van der Waals surface area (Å²) in [7, 11) is -5.90. The van der Waals surface area contributed by atoms with Crippen LogP contribution in [0.25, 0.3) is 0 Å². The molecule has 1 atom stereocenters. The van der Waals surface area contributed by atoms with Crippen molar-refractivity contribution in [3.63, 3.8) is 0 Å². The molecule has 1 unspecified atom stereocenters. The topological polar surface area (TPSA) is 43.4 Å². The molecule has 0 saturated heterocycles. The van der Waals surface area contributed by atoms with Gasteiger partial charge in [-0.15, -0.1) is 0 Å². The van der Waals surface area contributed by atoms with Crippen molar-refractivity contribution in [2.75, 3.05) is 0 Å². The van der Waals surface area contributed by atoms with Crippen LogP contribution in [0, 0.1) is 0 Å². The van der Waals surface area contributed by atoms with Crippen molar-refractivity contribution in [1.82, 2.24) is 0 Å². The van der Waals surface area contributed by atoms with Gasteiger partial charge < -0.3 is 0 Å². The van der Waals surface area contributed by atoms with E-state index >= 15 is 0 Å². The zero-order chi connectivity index (χ0) is 9.28. The Balaban J connectivity index is 4.38. The highest BCUT2D eigenvalue weighted by atomic mass is 35.5. The van der Waals surface area contributed by atoms with Gasteiger partial charge in [-0.25, -0.2) is 4.39 Å². The van der Waals surface area contributed by atoms with Gasteiger partial charge >= 0.3 is 16.6 Å². The zero-order valence-corrected chi connectivity index (χ0v) is 6.17. The first-order valence-corrected chi connectivity index (χ1v) is 3.71. The first-order valence-electron chi connectivity index (χ1n) is 1.96. The molecule has 11 heavy (non-hydrogen) atoms. The summed E-state index contributed by atoms with van der Waals surface area (Å²) in [5.41, 5.74) is -3.42. The molecule has 0 aromatic heterocycles. The highest BCUT2D eigenvalue weighted by Gasteiger charge is 2.45. The van der Waals surface area contributed by atoms with E-state index in [0.717, 1.165) is 0 Å². The Bertz CT molecular complexity index is 223. The van der Waals surface area contributed by atoms with Gasteiger partial charge in [0.2, 0.25) is 0 Å². The molecule has 0 spiro atoms. The molecule has 0 aliphatic carbocycles. The van der Waals surface area contributed by atoms with Crippen LogP contribution in [0.3, 0.4) is 0 Å². The zero-order valence-electron chi connectivity index (χ0n) is 4.60. The fourth-order valence-electron chi connectivity index (χ4n) is 0.169. The van der Waals surface area contributed by atoms with E-state index < -0.39 is 22.2 Å². The first kappa shape index (κ1) is 10.9. The Morgan fingerprint density at radius 2 is 1.82 bits per heavy atom. The average molecular weight is 217 g/mol. The van der Waals surface area contributed by atoms with Crippen LogP contribution < -0.4 is 0 Å². The normalized spacial score (nSPS) is 16.5. The van der Waals surface area contributed by atoms with E-state index in [9.17, 15) is 25.5 Å². The summed E-state index contributed by atoms with van der Waals surface area (Å²) >= 11 is 4.10. The molecule has 0 N–H and O–H groups in total. The second-order valence-electron chi connectivity index (χ2n) is 1.34. The van der Waals surface area contributed by atoms with Gasteiger partial charge in [0.1, 0.15) is 0 Å². The lowest BCUT2D eigenvalue weighted by Crippen LogP contribution is -2.30. The Labute approximate surface area is 64.3 Å². The molecule has 0 aliphatic rings. The van der Waals surface area contributed by atoms with Gasteiger partial charge in [0.05, 0.1) is 0 Å². The molecule has 0 bridgehead atoms. The predicted molar refractivity (Wildman–Crippen MR) is 26.8 cm³/mol. The molecule has 0 aromatic rings. The van der Waals surface area contributed by atoms with Crippen LogP contribution in [-0.4, -0.2) is 20.2 Å². The first-order chi connectivity index (χ1) is 4.65. The third-order valence-electron chi connectivity index (χ3n) is 0.465. The second-order valence-corrected chi connectivity index (χ2v) is 2.67. The number of alkyl halides is 4. The van der Waals surface area contributed by atoms with Crippen molar-refractivity contribution in [3.05, 3.63) is 0 Å². The van der Waals surface area contributed by atoms with Crippen LogP contribution in [0.4, 0.5) is 17.1 Å². The van der Waals surface area contributed by atoms with Crippen LogP contribution in [0.5, 0.6) is 0 Å². The number of hydrogen-bond acceptors (Lipinski definition) is 3. The minimum atomic E-state index is -5.90. The molecule has 0 rings (SSSR count). The lowest BCUT2D eigenvalue weighted by molar-refractivity contribution is -0.197. The van der Waals surface area contributed by atoms with Crippen LogP contribution in [0.15, 0.2) is 0 Å². The lowest BCUT2D eigenvalue weighted by Gasteiger charge is -2.11. The summed E-state index contributed by atoms with van der Waals surface area (Å²) in [6, 6.07) is 0. The van der Waals surface area contributed by atoms with Crippen molar-refractivity contribution in [3.8, 4) is 0 Å². The minimum absolute atomic E-state index is 2.35. The molecular weight excluding hydrogens is 216 g/mol. The SMILES string of the molecule is O=S(=O)(F)OC(F)(F)C(F)Cl. The van der Waals surface area contributed by atoms with Gasteiger partial charge in [-0.3, -0.25) is 0 Å². The number of halogens is 5. The van der Waals surface area contributed by atoms with Gasteiger partial charge in [0.25, 0.3) is 5.63 Å². The van der Waals surface area contributed by atoms with Crippen molar-refractivity contribution in [2.24, 2.45) is 0 Å². The van der Waals surface area contributed by atoms with Crippen molar-refractivity contribution in [2.45, 2.75) is 11.7 Å². The van der Waals surface area contributed by atoms with E-state index in [0.29, 0.717) is 0 Å². The van der Waals surface area contributed by atoms with E-state index in [-0.39, 0.29) is 0 Å². The maximum atomic E-state index is 11.7. The van der Waals surface area contributed by atoms with Crippen LogP contribution in [0.1, 0.15) is 0 Å². The molecule has 0 aromatic carbocycles. The predicted octanol–water partition coefficient (Wildman–Crippen LogP) is 1.34. The molecule has 0 heterocycles. The molecule has 0 fully saturated rings. The fourth-order valence-corrected chi connectivity index (χ4v) is 0.616. The van der Waals surface area contributed by atoms with Gasteiger partial charge in [-0.1, -0.05) is 15.5 Å². The van der Waals surface area contributed by atoms with E-state index in [4.69, 9.17) is 0 Å². The second kappa shape index (κ2) is 3.11. The number of hydrogen-bond donors (Lipinski definition) is 0. The quantitative estimate of drug-likeness (QED) is 0.406. The van der Waals surface area contributed by atoms with Gasteiger partial charge in [0, 0.05) is 0 Å². The molecule has 0 saturated carbocycles. The van der Waals surface area contributed by atoms with Crippen LogP contribution in [-0.2, 0) is 14.7 Å². The van der Waals surface area contributed by atoms with Gasteiger partial charge in [-0.05, 0) is 0 Å². The lowest BCUT2D eigenvalue weighted by atomic mass is 10.7. The van der Waals surface area contributed by atoms with E-state index in [1.54, 1.807) is 0 Å². The van der Waals surface area contributed by atoms with E-state index in [1.807, 2.05) is 0 Å². The average Bonchev–Trinajstić information content (AvgIpc) is 1.56. The van der Waals surface area contributed by atoms with E-state index in [2.05, 4.69) is 15.8 Å². The Hall–Kier alpha value is -0.0800. The summed E-state index contributed by atoms with van der Waals surface area (Å²) in [6.45, 7) is 0. The maximum Gasteiger partial charge on any atom is 0.442 e. The summed E-state index contributed by atoms with van der Waals surface area (Å²) in [6.07, 6.45) is -4.88. The highest BCUT2D eigenvalue weighted by Crippen LogP contribution is 2.28. The molecule has 3 nitrogen and oxygen atoms in total. The highest BCUT2D eigenvalue weighted by molar-refractivity contribution is 7.81. The van der Waals surface area contributed by atoms with E-state index in [1.165, 1.54) is 0 Å². The summed E-state index contributed by atoms with van der Waals surface area (Å²) in [4.78, 5) is 0. The largest absolute Gasteiger partial charge is 0.442 e. The van der Waals surface area contributed by atoms with Gasteiger partial charge in [-0.2, -0.15) is 21.4 Å². The minimum Gasteiger partial charge on any atom is -0.220 e. The summed E-state index contributed by atoms with van der Waals surface area (Å²) in [5.74, 6) is 0. The van der Waals surface area contributed by atoms with Crippen LogP contribution >= 0.6 is 11.6 Å².